The number of hydrazone groups is 1. The van der Waals surface area contributed by atoms with Crippen molar-refractivity contribution in [3.63, 3.8) is 0 Å². The van der Waals surface area contributed by atoms with E-state index in [0.717, 1.165) is 43.3 Å². The number of halogens is 1. The lowest BCUT2D eigenvalue weighted by Gasteiger charge is -2.33. The molecule has 0 radical (unpaired) electrons. The minimum absolute atomic E-state index is 0.188. The summed E-state index contributed by atoms with van der Waals surface area (Å²) in [6, 6.07) is 16.8. The summed E-state index contributed by atoms with van der Waals surface area (Å²) in [5, 5.41) is 7.67. The summed E-state index contributed by atoms with van der Waals surface area (Å²) in [7, 11) is 0. The van der Waals surface area contributed by atoms with Gasteiger partial charge in [0.15, 0.2) is 0 Å². The lowest BCUT2D eigenvalue weighted by Crippen LogP contribution is -2.43. The fraction of sp³-hybridized carbons (Fsp3) is 0.409. The van der Waals surface area contributed by atoms with Crippen LogP contribution in [-0.4, -0.2) is 42.3 Å². The fourth-order valence-electron chi connectivity index (χ4n) is 3.10. The Labute approximate surface area is 162 Å². The first-order valence-electron chi connectivity index (χ1n) is 9.27. The van der Waals surface area contributed by atoms with Crippen LogP contribution in [0.2, 0.25) is 5.02 Å². The van der Waals surface area contributed by atoms with Gasteiger partial charge < -0.3 is 0 Å². The summed E-state index contributed by atoms with van der Waals surface area (Å²) in [5.74, 6) is 0. The summed E-state index contributed by atoms with van der Waals surface area (Å²) in [6.45, 7) is 11.5. The first-order valence-corrected chi connectivity index (χ1v) is 9.65. The lowest BCUT2D eigenvalue weighted by molar-refractivity contribution is 0.131. The van der Waals surface area contributed by atoms with E-state index in [1.54, 1.807) is 0 Å². The Kier molecular flexibility index (Phi) is 6.00. The highest BCUT2D eigenvalue weighted by Crippen LogP contribution is 2.22. The van der Waals surface area contributed by atoms with Crippen molar-refractivity contribution in [3.8, 4) is 0 Å². The van der Waals surface area contributed by atoms with Gasteiger partial charge in [0.05, 0.1) is 6.21 Å². The summed E-state index contributed by atoms with van der Waals surface area (Å²) >= 11 is 6.27. The number of rotatable bonds is 4. The van der Waals surface area contributed by atoms with Crippen molar-refractivity contribution in [2.45, 2.75) is 32.7 Å². The predicted octanol–water partition coefficient (Wildman–Crippen LogP) is 4.79. The van der Waals surface area contributed by atoms with Crippen molar-refractivity contribution < 1.29 is 0 Å². The maximum Gasteiger partial charge on any atom is 0.0542 e. The van der Waals surface area contributed by atoms with E-state index in [1.807, 2.05) is 24.4 Å². The molecular weight excluding hydrogens is 342 g/mol. The van der Waals surface area contributed by atoms with Crippen LogP contribution in [0.4, 0.5) is 0 Å². The average molecular weight is 370 g/mol. The second-order valence-electron chi connectivity index (χ2n) is 7.94. The molecule has 1 heterocycles. The Morgan fingerprint density at radius 1 is 0.962 bits per heavy atom. The summed E-state index contributed by atoms with van der Waals surface area (Å²) in [6.07, 6.45) is 1.97. The van der Waals surface area contributed by atoms with Crippen molar-refractivity contribution in [2.75, 3.05) is 26.2 Å². The molecule has 138 valence electrons. The Balaban J connectivity index is 1.51. The standard InChI is InChI=1S/C22H28ClN3/c1-22(2,3)20-10-8-18(9-11-20)16-24-26-14-12-25(13-15-26)17-19-6-4-5-7-21(19)23/h4-11,16H,12-15,17H2,1-3H3/b24-16+. The Morgan fingerprint density at radius 2 is 1.62 bits per heavy atom. The quantitative estimate of drug-likeness (QED) is 0.721. The zero-order chi connectivity index (χ0) is 18.6. The lowest BCUT2D eigenvalue weighted by atomic mass is 9.87. The Morgan fingerprint density at radius 3 is 2.23 bits per heavy atom. The minimum atomic E-state index is 0.188. The first-order chi connectivity index (χ1) is 12.4. The second kappa shape index (κ2) is 8.24. The summed E-state index contributed by atoms with van der Waals surface area (Å²) in [4.78, 5) is 2.44. The van der Waals surface area contributed by atoms with Gasteiger partial charge in [0, 0.05) is 37.7 Å². The van der Waals surface area contributed by atoms with Crippen LogP contribution in [0.15, 0.2) is 53.6 Å². The number of hydrogen-bond donors (Lipinski definition) is 0. The van der Waals surface area contributed by atoms with Crippen LogP contribution >= 0.6 is 11.6 Å². The molecular formula is C22H28ClN3. The van der Waals surface area contributed by atoms with Crippen molar-refractivity contribution in [3.05, 3.63) is 70.2 Å². The highest BCUT2D eigenvalue weighted by Gasteiger charge is 2.16. The van der Waals surface area contributed by atoms with E-state index in [4.69, 9.17) is 11.6 Å². The van der Waals surface area contributed by atoms with Gasteiger partial charge in [0.2, 0.25) is 0 Å². The van der Waals surface area contributed by atoms with Crippen molar-refractivity contribution in [2.24, 2.45) is 5.10 Å². The molecule has 0 saturated carbocycles. The van der Waals surface area contributed by atoms with Crippen LogP contribution in [0, 0.1) is 0 Å². The van der Waals surface area contributed by atoms with Crippen LogP contribution in [0.3, 0.4) is 0 Å². The molecule has 1 fully saturated rings. The van der Waals surface area contributed by atoms with E-state index in [-0.39, 0.29) is 5.41 Å². The largest absolute Gasteiger partial charge is 0.295 e. The topological polar surface area (TPSA) is 18.8 Å². The van der Waals surface area contributed by atoms with Gasteiger partial charge in [-0.25, -0.2) is 0 Å². The molecule has 0 atom stereocenters. The Hall–Kier alpha value is -1.84. The predicted molar refractivity (Wildman–Crippen MR) is 111 cm³/mol. The third-order valence-electron chi connectivity index (χ3n) is 4.85. The number of hydrogen-bond acceptors (Lipinski definition) is 3. The monoisotopic (exact) mass is 369 g/mol. The molecule has 26 heavy (non-hydrogen) atoms. The highest BCUT2D eigenvalue weighted by molar-refractivity contribution is 6.31. The molecule has 1 aliphatic rings. The summed E-state index contributed by atoms with van der Waals surface area (Å²) < 4.78 is 0. The van der Waals surface area contributed by atoms with Gasteiger partial charge >= 0.3 is 0 Å². The van der Waals surface area contributed by atoms with Gasteiger partial charge in [-0.1, -0.05) is 74.8 Å². The third-order valence-corrected chi connectivity index (χ3v) is 5.22. The van der Waals surface area contributed by atoms with Gasteiger partial charge in [-0.3, -0.25) is 9.91 Å². The maximum absolute atomic E-state index is 6.27. The van der Waals surface area contributed by atoms with Crippen LogP contribution in [0.5, 0.6) is 0 Å². The van der Waals surface area contributed by atoms with Crippen molar-refractivity contribution >= 4 is 17.8 Å². The smallest absolute Gasteiger partial charge is 0.0542 e. The van der Waals surface area contributed by atoms with Gasteiger partial charge in [0.1, 0.15) is 0 Å². The fourth-order valence-corrected chi connectivity index (χ4v) is 3.29. The van der Waals surface area contributed by atoms with E-state index < -0.39 is 0 Å². The van der Waals surface area contributed by atoms with E-state index in [9.17, 15) is 0 Å². The zero-order valence-corrected chi connectivity index (χ0v) is 16.7. The van der Waals surface area contributed by atoms with Crippen LogP contribution in [0.1, 0.15) is 37.5 Å². The molecule has 1 saturated heterocycles. The number of piperazine rings is 1. The molecule has 4 heteroatoms. The van der Waals surface area contributed by atoms with Crippen LogP contribution < -0.4 is 0 Å². The molecule has 2 aromatic rings. The van der Waals surface area contributed by atoms with E-state index in [0.29, 0.717) is 0 Å². The summed E-state index contributed by atoms with van der Waals surface area (Å²) in [5.41, 5.74) is 3.89. The molecule has 0 unspecified atom stereocenters. The highest BCUT2D eigenvalue weighted by atomic mass is 35.5. The number of benzene rings is 2. The maximum atomic E-state index is 6.27. The average Bonchev–Trinajstić information content (AvgIpc) is 2.63. The molecule has 0 N–H and O–H groups in total. The molecule has 0 aliphatic carbocycles. The molecule has 0 spiro atoms. The molecule has 1 aliphatic heterocycles. The van der Waals surface area contributed by atoms with Gasteiger partial charge in [-0.2, -0.15) is 5.10 Å². The molecule has 0 aromatic heterocycles. The van der Waals surface area contributed by atoms with E-state index in [2.05, 4.69) is 66.1 Å². The van der Waals surface area contributed by atoms with Gasteiger partial charge in [-0.15, -0.1) is 0 Å². The molecule has 0 bridgehead atoms. The third kappa shape index (κ3) is 5.09. The normalized spacial score (nSPS) is 16.4. The van der Waals surface area contributed by atoms with Gasteiger partial charge in [-0.05, 0) is 28.2 Å². The van der Waals surface area contributed by atoms with Crippen LogP contribution in [0.25, 0.3) is 0 Å². The number of nitrogens with zero attached hydrogens (tertiary/aromatic N) is 3. The van der Waals surface area contributed by atoms with Crippen molar-refractivity contribution in [1.29, 1.82) is 0 Å². The SMILES string of the molecule is CC(C)(C)c1ccc(/C=N/N2CCN(Cc3ccccc3Cl)CC2)cc1. The Bertz CT molecular complexity index is 739. The van der Waals surface area contributed by atoms with E-state index in [1.165, 1.54) is 11.1 Å². The molecule has 0 amide bonds. The van der Waals surface area contributed by atoms with Crippen LogP contribution in [-0.2, 0) is 12.0 Å². The van der Waals surface area contributed by atoms with Gasteiger partial charge in [0.25, 0.3) is 0 Å². The minimum Gasteiger partial charge on any atom is -0.295 e. The van der Waals surface area contributed by atoms with Crippen molar-refractivity contribution in [1.82, 2.24) is 9.91 Å². The molecule has 3 rings (SSSR count). The van der Waals surface area contributed by atoms with E-state index >= 15 is 0 Å². The zero-order valence-electron chi connectivity index (χ0n) is 16.0. The molecule has 3 nitrogen and oxygen atoms in total. The first kappa shape index (κ1) is 18.9. The second-order valence-corrected chi connectivity index (χ2v) is 8.34. The molecule has 2 aromatic carbocycles.